The molecule has 0 aliphatic heterocycles. The summed E-state index contributed by atoms with van der Waals surface area (Å²) in [6.07, 6.45) is 1.65. The maximum Gasteiger partial charge on any atom is 0.251 e. The number of halogens is 1. The molecule has 2 aromatic carbocycles. The maximum absolute atomic E-state index is 12.3. The summed E-state index contributed by atoms with van der Waals surface area (Å²) in [5.41, 5.74) is 2.41. The third-order valence-electron chi connectivity index (χ3n) is 3.26. The van der Waals surface area contributed by atoms with Gasteiger partial charge >= 0.3 is 0 Å². The van der Waals surface area contributed by atoms with Crippen LogP contribution in [0.25, 0.3) is 0 Å². The standard InChI is InChI=1S/C17H18ClNO2S/c1-12(14-6-4-8-16(18)10-14)19-17(20)15-7-3-5-13(9-15)11-22(2)21/h3-10,12H,11H2,1-2H3,(H,19,20). The molecule has 0 aliphatic carbocycles. The molecular formula is C17H18ClNO2S. The van der Waals surface area contributed by atoms with Gasteiger partial charge in [0.05, 0.1) is 6.04 Å². The van der Waals surface area contributed by atoms with Crippen LogP contribution in [0.1, 0.15) is 34.5 Å². The van der Waals surface area contributed by atoms with E-state index in [0.29, 0.717) is 16.3 Å². The highest BCUT2D eigenvalue weighted by molar-refractivity contribution is 7.83. The van der Waals surface area contributed by atoms with Crippen molar-refractivity contribution in [3.8, 4) is 0 Å². The van der Waals surface area contributed by atoms with Gasteiger partial charge in [-0.2, -0.15) is 0 Å². The second-order valence-electron chi connectivity index (χ2n) is 5.17. The van der Waals surface area contributed by atoms with Crippen LogP contribution in [-0.2, 0) is 16.6 Å². The van der Waals surface area contributed by atoms with Gasteiger partial charge < -0.3 is 5.32 Å². The van der Waals surface area contributed by atoms with E-state index in [4.69, 9.17) is 11.6 Å². The van der Waals surface area contributed by atoms with Gasteiger partial charge in [0.25, 0.3) is 5.91 Å². The van der Waals surface area contributed by atoms with Crippen LogP contribution >= 0.6 is 11.6 Å². The van der Waals surface area contributed by atoms with E-state index in [-0.39, 0.29) is 11.9 Å². The fraction of sp³-hybridized carbons (Fsp3) is 0.235. The zero-order chi connectivity index (χ0) is 16.1. The average Bonchev–Trinajstić information content (AvgIpc) is 2.46. The molecule has 0 bridgehead atoms. The second kappa shape index (κ2) is 7.56. The predicted molar refractivity (Wildman–Crippen MR) is 91.5 cm³/mol. The van der Waals surface area contributed by atoms with Crippen molar-refractivity contribution in [3.63, 3.8) is 0 Å². The van der Waals surface area contributed by atoms with Crippen molar-refractivity contribution in [2.24, 2.45) is 0 Å². The van der Waals surface area contributed by atoms with Gasteiger partial charge in [0, 0.05) is 33.4 Å². The van der Waals surface area contributed by atoms with Gasteiger partial charge in [0.15, 0.2) is 0 Å². The molecule has 3 nitrogen and oxygen atoms in total. The quantitative estimate of drug-likeness (QED) is 0.905. The smallest absolute Gasteiger partial charge is 0.251 e. The Labute approximate surface area is 138 Å². The lowest BCUT2D eigenvalue weighted by atomic mass is 10.1. The van der Waals surface area contributed by atoms with E-state index in [0.717, 1.165) is 11.1 Å². The van der Waals surface area contributed by atoms with Crippen LogP contribution in [0.15, 0.2) is 48.5 Å². The highest BCUT2D eigenvalue weighted by Gasteiger charge is 2.12. The zero-order valence-corrected chi connectivity index (χ0v) is 14.1. The Morgan fingerprint density at radius 2 is 1.95 bits per heavy atom. The SMILES string of the molecule is CC(NC(=O)c1cccc(CS(C)=O)c1)c1cccc(Cl)c1. The van der Waals surface area contributed by atoms with Gasteiger partial charge in [0.2, 0.25) is 0 Å². The topological polar surface area (TPSA) is 46.2 Å². The van der Waals surface area contributed by atoms with Crippen LogP contribution in [0.5, 0.6) is 0 Å². The molecule has 2 aromatic rings. The second-order valence-corrected chi connectivity index (χ2v) is 7.04. The van der Waals surface area contributed by atoms with E-state index in [2.05, 4.69) is 5.32 Å². The Hall–Kier alpha value is -1.65. The fourth-order valence-corrected chi connectivity index (χ4v) is 3.02. The van der Waals surface area contributed by atoms with Crippen molar-refractivity contribution >= 4 is 28.3 Å². The predicted octanol–water partition coefficient (Wildman–Crippen LogP) is 3.71. The summed E-state index contributed by atoms with van der Waals surface area (Å²) >= 11 is 5.97. The molecule has 0 aromatic heterocycles. The van der Waals surface area contributed by atoms with Crippen molar-refractivity contribution < 1.29 is 9.00 Å². The zero-order valence-electron chi connectivity index (χ0n) is 12.5. The molecule has 1 N–H and O–H groups in total. The van der Waals surface area contributed by atoms with Crippen molar-refractivity contribution in [1.82, 2.24) is 5.32 Å². The molecule has 1 amide bonds. The molecule has 2 unspecified atom stereocenters. The third-order valence-corrected chi connectivity index (χ3v) is 4.23. The summed E-state index contributed by atoms with van der Waals surface area (Å²) in [6.45, 7) is 1.91. The van der Waals surface area contributed by atoms with E-state index in [1.807, 2.05) is 31.2 Å². The highest BCUT2D eigenvalue weighted by Crippen LogP contribution is 2.18. The minimum Gasteiger partial charge on any atom is -0.346 e. The van der Waals surface area contributed by atoms with E-state index >= 15 is 0 Å². The van der Waals surface area contributed by atoms with Crippen molar-refractivity contribution in [1.29, 1.82) is 0 Å². The minimum absolute atomic E-state index is 0.143. The van der Waals surface area contributed by atoms with Gasteiger partial charge in [-0.05, 0) is 42.3 Å². The Kier molecular flexibility index (Phi) is 5.75. The molecule has 0 heterocycles. The summed E-state index contributed by atoms with van der Waals surface area (Å²) in [4.78, 5) is 12.3. The molecule has 0 aliphatic rings. The van der Waals surface area contributed by atoms with Crippen LogP contribution in [0.2, 0.25) is 5.02 Å². The lowest BCUT2D eigenvalue weighted by molar-refractivity contribution is 0.0940. The van der Waals surface area contributed by atoms with Gasteiger partial charge in [0.1, 0.15) is 0 Å². The lowest BCUT2D eigenvalue weighted by Crippen LogP contribution is -2.26. The minimum atomic E-state index is -0.927. The first kappa shape index (κ1) is 16.7. The number of hydrogen-bond acceptors (Lipinski definition) is 2. The fourth-order valence-electron chi connectivity index (χ4n) is 2.18. The summed E-state index contributed by atoms with van der Waals surface area (Å²) in [7, 11) is -0.927. The number of carbonyl (C=O) groups excluding carboxylic acids is 1. The Morgan fingerprint density at radius 3 is 2.64 bits per heavy atom. The van der Waals surface area contributed by atoms with Crippen LogP contribution in [0, 0.1) is 0 Å². The number of hydrogen-bond donors (Lipinski definition) is 1. The van der Waals surface area contributed by atoms with Gasteiger partial charge in [-0.25, -0.2) is 0 Å². The molecule has 0 fully saturated rings. The van der Waals surface area contributed by atoms with Gasteiger partial charge in [-0.1, -0.05) is 35.9 Å². The van der Waals surface area contributed by atoms with E-state index in [1.165, 1.54) is 0 Å². The van der Waals surface area contributed by atoms with Crippen LogP contribution < -0.4 is 5.32 Å². The normalized spacial score (nSPS) is 13.4. The molecule has 0 saturated carbocycles. The number of rotatable bonds is 5. The number of carbonyl (C=O) groups is 1. The number of amides is 1. The average molecular weight is 336 g/mol. The first-order valence-corrected chi connectivity index (χ1v) is 9.01. The van der Waals surface area contributed by atoms with Crippen molar-refractivity contribution in [3.05, 3.63) is 70.2 Å². The number of nitrogens with one attached hydrogen (secondary N) is 1. The molecule has 5 heteroatoms. The first-order valence-electron chi connectivity index (χ1n) is 6.91. The Balaban J connectivity index is 2.10. The molecule has 2 rings (SSSR count). The van der Waals surface area contributed by atoms with Crippen LogP contribution in [0.3, 0.4) is 0 Å². The highest BCUT2D eigenvalue weighted by atomic mass is 35.5. The van der Waals surface area contributed by atoms with Crippen LogP contribution in [-0.4, -0.2) is 16.4 Å². The molecule has 2 atom stereocenters. The lowest BCUT2D eigenvalue weighted by Gasteiger charge is -2.15. The van der Waals surface area contributed by atoms with Gasteiger partial charge in [-0.3, -0.25) is 9.00 Å². The molecule has 116 valence electrons. The largest absolute Gasteiger partial charge is 0.346 e. The first-order chi connectivity index (χ1) is 10.5. The summed E-state index contributed by atoms with van der Waals surface area (Å²) in [6, 6.07) is 14.5. The van der Waals surface area contributed by atoms with Crippen molar-refractivity contribution in [2.45, 2.75) is 18.7 Å². The summed E-state index contributed by atoms with van der Waals surface area (Å²) < 4.78 is 11.3. The summed E-state index contributed by atoms with van der Waals surface area (Å²) in [5.74, 6) is 0.293. The molecule has 0 saturated heterocycles. The maximum atomic E-state index is 12.3. The van der Waals surface area contributed by atoms with E-state index < -0.39 is 10.8 Å². The van der Waals surface area contributed by atoms with Crippen molar-refractivity contribution in [2.75, 3.05) is 6.26 Å². The van der Waals surface area contributed by atoms with Gasteiger partial charge in [-0.15, -0.1) is 0 Å². The Morgan fingerprint density at radius 1 is 1.23 bits per heavy atom. The monoisotopic (exact) mass is 335 g/mol. The molecule has 0 spiro atoms. The Bertz CT molecular complexity index is 703. The number of benzene rings is 2. The molecule has 0 radical (unpaired) electrons. The molecular weight excluding hydrogens is 318 g/mol. The van der Waals surface area contributed by atoms with E-state index in [1.54, 1.807) is 30.5 Å². The molecule has 22 heavy (non-hydrogen) atoms. The van der Waals surface area contributed by atoms with Crippen LogP contribution in [0.4, 0.5) is 0 Å². The summed E-state index contributed by atoms with van der Waals surface area (Å²) in [5, 5.41) is 3.59. The third kappa shape index (κ3) is 4.68. The van der Waals surface area contributed by atoms with E-state index in [9.17, 15) is 9.00 Å².